The van der Waals surface area contributed by atoms with Gasteiger partial charge in [-0.15, -0.1) is 5.92 Å². The van der Waals surface area contributed by atoms with Crippen molar-refractivity contribution in [3.63, 3.8) is 0 Å². The van der Waals surface area contributed by atoms with Crippen LogP contribution >= 0.6 is 0 Å². The molecule has 0 aliphatic carbocycles. The van der Waals surface area contributed by atoms with E-state index in [0.29, 0.717) is 5.92 Å². The van der Waals surface area contributed by atoms with Gasteiger partial charge in [0.2, 0.25) is 0 Å². The van der Waals surface area contributed by atoms with E-state index in [4.69, 9.17) is 4.74 Å². The van der Waals surface area contributed by atoms with Crippen molar-refractivity contribution in [2.75, 3.05) is 13.7 Å². The molecule has 0 aromatic heterocycles. The van der Waals surface area contributed by atoms with Crippen LogP contribution in [0.3, 0.4) is 0 Å². The summed E-state index contributed by atoms with van der Waals surface area (Å²) in [5, 5.41) is 0. The molecule has 57 valence electrons. The zero-order valence-electron chi connectivity index (χ0n) is 6.98. The van der Waals surface area contributed by atoms with Gasteiger partial charge < -0.3 is 4.74 Å². The van der Waals surface area contributed by atoms with Crippen LogP contribution in [0.4, 0.5) is 0 Å². The Bertz CT molecular complexity index is 116. The lowest BCUT2D eigenvalue weighted by molar-refractivity contribution is 0.206. The number of methoxy groups -OCH3 is 1. The first kappa shape index (κ1) is 9.52. The molecule has 0 bridgehead atoms. The molecule has 0 amide bonds. The third-order valence-electron chi connectivity index (χ3n) is 0.950. The zero-order valence-corrected chi connectivity index (χ0v) is 6.98. The lowest BCUT2D eigenvalue weighted by Crippen LogP contribution is -1.86. The number of hydrogen-bond donors (Lipinski definition) is 0. The molecule has 0 rings (SSSR count). The van der Waals surface area contributed by atoms with Gasteiger partial charge in [-0.2, -0.15) is 0 Å². The molecule has 0 saturated heterocycles. The van der Waals surface area contributed by atoms with E-state index >= 15 is 0 Å². The summed E-state index contributed by atoms with van der Waals surface area (Å²) in [6.07, 6.45) is 2.83. The van der Waals surface area contributed by atoms with Gasteiger partial charge in [0.05, 0.1) is 6.61 Å². The molecular formula is C9H15O. The van der Waals surface area contributed by atoms with Gasteiger partial charge >= 0.3 is 0 Å². The fourth-order valence-electron chi connectivity index (χ4n) is 0.451. The minimum atomic E-state index is 0.565. The number of hydrogen-bond acceptors (Lipinski definition) is 1. The first-order chi connectivity index (χ1) is 4.77. The summed E-state index contributed by atoms with van der Waals surface area (Å²) < 4.78 is 4.83. The highest BCUT2D eigenvalue weighted by molar-refractivity contribution is 5.10. The molecule has 0 heterocycles. The quantitative estimate of drug-likeness (QED) is 0.428. The van der Waals surface area contributed by atoms with Gasteiger partial charge in [0.1, 0.15) is 0 Å². The third-order valence-corrected chi connectivity index (χ3v) is 0.950. The van der Waals surface area contributed by atoms with Crippen molar-refractivity contribution < 1.29 is 4.74 Å². The molecule has 0 fully saturated rings. The van der Waals surface area contributed by atoms with E-state index in [1.165, 1.54) is 0 Å². The van der Waals surface area contributed by atoms with Gasteiger partial charge in [-0.05, 0) is 5.92 Å². The highest BCUT2D eigenvalue weighted by Gasteiger charge is 1.86. The van der Waals surface area contributed by atoms with Crippen molar-refractivity contribution in [1.29, 1.82) is 0 Å². The number of rotatable bonds is 3. The Morgan fingerprint density at radius 1 is 1.50 bits per heavy atom. The topological polar surface area (TPSA) is 9.23 Å². The Hall–Kier alpha value is -0.480. The second-order valence-electron chi connectivity index (χ2n) is 2.47. The summed E-state index contributed by atoms with van der Waals surface area (Å²) >= 11 is 0. The molecule has 0 atom stereocenters. The minimum absolute atomic E-state index is 0.565. The van der Waals surface area contributed by atoms with Crippen LogP contribution in [0.2, 0.25) is 0 Å². The van der Waals surface area contributed by atoms with Gasteiger partial charge in [-0.3, -0.25) is 0 Å². The van der Waals surface area contributed by atoms with Gasteiger partial charge in [0, 0.05) is 20.0 Å². The first-order valence-corrected chi connectivity index (χ1v) is 3.58. The van der Waals surface area contributed by atoms with E-state index in [0.717, 1.165) is 13.0 Å². The maximum Gasteiger partial charge on any atom is 0.0571 e. The van der Waals surface area contributed by atoms with Crippen LogP contribution in [0.5, 0.6) is 0 Å². The summed E-state index contributed by atoms with van der Waals surface area (Å²) in [5.74, 6) is 6.52. The summed E-state index contributed by atoms with van der Waals surface area (Å²) in [5.41, 5.74) is 0. The predicted molar refractivity (Wildman–Crippen MR) is 43.4 cm³/mol. The summed E-state index contributed by atoms with van der Waals surface area (Å²) in [6.45, 7) is 4.97. The van der Waals surface area contributed by atoms with Crippen molar-refractivity contribution in [2.24, 2.45) is 5.92 Å². The molecule has 1 heteroatoms. The lowest BCUT2D eigenvalue weighted by atomic mass is 10.1. The minimum Gasteiger partial charge on any atom is -0.384 e. The van der Waals surface area contributed by atoms with Crippen molar-refractivity contribution in [1.82, 2.24) is 0 Å². The third kappa shape index (κ3) is 7.52. The van der Waals surface area contributed by atoms with Crippen LogP contribution in [0.25, 0.3) is 0 Å². The molecule has 0 aromatic carbocycles. The molecule has 0 unspecified atom stereocenters. The molecule has 1 nitrogen and oxygen atoms in total. The van der Waals surface area contributed by atoms with Crippen LogP contribution < -0.4 is 0 Å². The smallest absolute Gasteiger partial charge is 0.0571 e. The van der Waals surface area contributed by atoms with Gasteiger partial charge in [0.15, 0.2) is 0 Å². The van der Waals surface area contributed by atoms with Crippen LogP contribution in [-0.4, -0.2) is 13.7 Å². The van der Waals surface area contributed by atoms with Crippen LogP contribution in [0, 0.1) is 24.2 Å². The largest absolute Gasteiger partial charge is 0.384 e. The molecule has 0 aliphatic rings. The zero-order chi connectivity index (χ0) is 7.82. The Balaban J connectivity index is 3.14. The fourth-order valence-corrected chi connectivity index (χ4v) is 0.451. The average Bonchev–Trinajstić information content (AvgIpc) is 1.87. The highest BCUT2D eigenvalue weighted by Crippen LogP contribution is 1.94. The van der Waals surface area contributed by atoms with Crippen LogP contribution in [0.1, 0.15) is 20.3 Å². The van der Waals surface area contributed by atoms with Crippen LogP contribution in [-0.2, 0) is 4.74 Å². The average molecular weight is 139 g/mol. The second-order valence-corrected chi connectivity index (χ2v) is 2.47. The van der Waals surface area contributed by atoms with Crippen molar-refractivity contribution in [2.45, 2.75) is 20.3 Å². The molecule has 0 aliphatic heterocycles. The Labute approximate surface area is 63.8 Å². The van der Waals surface area contributed by atoms with Crippen molar-refractivity contribution in [3.8, 4) is 11.8 Å². The van der Waals surface area contributed by atoms with Gasteiger partial charge in [0.25, 0.3) is 0 Å². The monoisotopic (exact) mass is 139 g/mol. The van der Waals surface area contributed by atoms with Crippen molar-refractivity contribution in [3.05, 3.63) is 6.42 Å². The maximum atomic E-state index is 4.83. The van der Waals surface area contributed by atoms with E-state index in [2.05, 4.69) is 25.7 Å². The molecule has 0 spiro atoms. The normalized spacial score (nSPS) is 9.20. The Kier molecular flexibility index (Phi) is 6.32. The predicted octanol–water partition coefficient (Wildman–Crippen LogP) is 1.89. The van der Waals surface area contributed by atoms with E-state index in [-0.39, 0.29) is 0 Å². The molecular weight excluding hydrogens is 124 g/mol. The molecule has 10 heavy (non-hydrogen) atoms. The number of ether oxygens (including phenoxy) is 1. The van der Waals surface area contributed by atoms with E-state index in [9.17, 15) is 0 Å². The standard InChI is InChI=1S/C9H15O/c1-9(2)7-5-4-6-8-10-3/h7,9H,6,8H2,1-3H3. The summed E-state index contributed by atoms with van der Waals surface area (Å²) in [6, 6.07) is 0. The van der Waals surface area contributed by atoms with Gasteiger partial charge in [-0.25, -0.2) is 0 Å². The summed E-state index contributed by atoms with van der Waals surface area (Å²) in [7, 11) is 1.69. The second kappa shape index (κ2) is 6.64. The molecule has 0 saturated carbocycles. The van der Waals surface area contributed by atoms with Gasteiger partial charge in [-0.1, -0.05) is 19.8 Å². The lowest BCUT2D eigenvalue weighted by Gasteiger charge is -1.92. The molecule has 0 aromatic rings. The van der Waals surface area contributed by atoms with Crippen LogP contribution in [0.15, 0.2) is 0 Å². The first-order valence-electron chi connectivity index (χ1n) is 3.58. The molecule has 1 radical (unpaired) electrons. The maximum absolute atomic E-state index is 4.83. The Morgan fingerprint density at radius 3 is 2.70 bits per heavy atom. The SMILES string of the molecule is COCCC#C[CH]C(C)C. The Morgan fingerprint density at radius 2 is 2.20 bits per heavy atom. The fraction of sp³-hybridized carbons (Fsp3) is 0.667. The summed E-state index contributed by atoms with van der Waals surface area (Å²) in [4.78, 5) is 0. The highest BCUT2D eigenvalue weighted by atomic mass is 16.5. The van der Waals surface area contributed by atoms with E-state index in [1.807, 2.05) is 6.42 Å². The van der Waals surface area contributed by atoms with E-state index in [1.54, 1.807) is 7.11 Å². The molecule has 0 N–H and O–H groups in total. The van der Waals surface area contributed by atoms with Crippen molar-refractivity contribution >= 4 is 0 Å². The van der Waals surface area contributed by atoms with E-state index < -0.39 is 0 Å².